The van der Waals surface area contributed by atoms with Crippen LogP contribution in [0.5, 0.6) is 11.5 Å². The molecule has 6 heteroatoms. The molecule has 1 aliphatic heterocycles. The van der Waals surface area contributed by atoms with Crippen molar-refractivity contribution in [1.29, 1.82) is 0 Å². The molecule has 4 aromatic carbocycles. The van der Waals surface area contributed by atoms with Crippen LogP contribution in [-0.4, -0.2) is 48.9 Å². The van der Waals surface area contributed by atoms with Crippen molar-refractivity contribution in [3.63, 3.8) is 0 Å². The summed E-state index contributed by atoms with van der Waals surface area (Å²) in [6.07, 6.45) is 6.17. The van der Waals surface area contributed by atoms with Crippen molar-refractivity contribution >= 4 is 11.8 Å². The fourth-order valence-electron chi connectivity index (χ4n) is 6.57. The highest BCUT2D eigenvalue weighted by molar-refractivity contribution is 5.96. The number of ether oxygens (including phenoxy) is 1. The molecule has 1 atom stereocenters. The van der Waals surface area contributed by atoms with E-state index in [0.29, 0.717) is 17.9 Å². The molecule has 0 bridgehead atoms. The predicted octanol–water partition coefficient (Wildman–Crippen LogP) is 7.33. The number of aryl methyl sites for hydroxylation is 1. The molecule has 0 saturated carbocycles. The zero-order valence-corrected chi connectivity index (χ0v) is 26.1. The van der Waals surface area contributed by atoms with Gasteiger partial charge in [0, 0.05) is 31.2 Å². The van der Waals surface area contributed by atoms with Crippen LogP contribution >= 0.6 is 0 Å². The van der Waals surface area contributed by atoms with E-state index in [-0.39, 0.29) is 23.8 Å². The number of rotatable bonds is 12. The Labute approximate surface area is 266 Å². The second-order valence-electron chi connectivity index (χ2n) is 12.2. The van der Waals surface area contributed by atoms with Crippen LogP contribution in [0.15, 0.2) is 97.1 Å². The van der Waals surface area contributed by atoms with Gasteiger partial charge in [0.25, 0.3) is 5.91 Å². The van der Waals surface area contributed by atoms with Crippen LogP contribution in [0.1, 0.15) is 72.0 Å². The standard InChI is InChI=1S/C39H43N3O3/c1-2-23-40-39(44)37-34-14-7-6-13-33(34)36-27-28(15-20-35(36)37)10-8-9-24-42-25-21-30(22-26-42)41-38(43)29-16-18-32(19-17-29)45-31-11-4-3-5-12-31/h3-7,11-20,27,30,37H,2,8-10,21-26H2,1H3,(H,40,44)(H,41,43). The van der Waals surface area contributed by atoms with Crippen LogP contribution in [0.25, 0.3) is 11.1 Å². The molecule has 2 amide bonds. The second kappa shape index (κ2) is 14.6. The summed E-state index contributed by atoms with van der Waals surface area (Å²) in [6.45, 7) is 5.88. The monoisotopic (exact) mass is 601 g/mol. The lowest BCUT2D eigenvalue weighted by Crippen LogP contribution is -2.44. The molecule has 1 saturated heterocycles. The van der Waals surface area contributed by atoms with Crippen LogP contribution in [0, 0.1) is 0 Å². The summed E-state index contributed by atoms with van der Waals surface area (Å²) >= 11 is 0. The Balaban J connectivity index is 0.933. The average molecular weight is 602 g/mol. The predicted molar refractivity (Wildman–Crippen MR) is 180 cm³/mol. The minimum absolute atomic E-state index is 0.0235. The number of carbonyl (C=O) groups is 2. The van der Waals surface area contributed by atoms with Crippen molar-refractivity contribution in [3.8, 4) is 22.6 Å². The molecule has 0 radical (unpaired) electrons. The number of likely N-dealkylation sites (tertiary alicyclic amines) is 1. The first-order chi connectivity index (χ1) is 22.1. The minimum Gasteiger partial charge on any atom is -0.457 e. The Morgan fingerprint density at radius 3 is 2.29 bits per heavy atom. The zero-order valence-electron chi connectivity index (χ0n) is 26.1. The Morgan fingerprint density at radius 2 is 1.51 bits per heavy atom. The summed E-state index contributed by atoms with van der Waals surface area (Å²) in [5, 5.41) is 6.33. The average Bonchev–Trinajstić information content (AvgIpc) is 3.41. The Kier molecular flexibility index (Phi) is 9.91. The highest BCUT2D eigenvalue weighted by Gasteiger charge is 2.33. The van der Waals surface area contributed by atoms with E-state index in [4.69, 9.17) is 4.74 Å². The minimum atomic E-state index is -0.218. The molecular weight excluding hydrogens is 558 g/mol. The number of carbonyl (C=O) groups excluding carboxylic acids is 2. The van der Waals surface area contributed by atoms with Crippen molar-refractivity contribution in [1.82, 2.24) is 15.5 Å². The van der Waals surface area contributed by atoms with Gasteiger partial charge >= 0.3 is 0 Å². The fourth-order valence-corrected chi connectivity index (χ4v) is 6.57. The van der Waals surface area contributed by atoms with Gasteiger partial charge in [-0.1, -0.05) is 67.6 Å². The van der Waals surface area contributed by atoms with Gasteiger partial charge < -0.3 is 20.3 Å². The van der Waals surface area contributed by atoms with Gasteiger partial charge in [0.15, 0.2) is 0 Å². The first-order valence-corrected chi connectivity index (χ1v) is 16.4. The summed E-state index contributed by atoms with van der Waals surface area (Å²) in [7, 11) is 0. The van der Waals surface area contributed by atoms with Crippen molar-refractivity contribution in [3.05, 3.63) is 119 Å². The Hall–Kier alpha value is -4.42. The molecule has 45 heavy (non-hydrogen) atoms. The molecule has 0 aromatic heterocycles. The number of hydrogen-bond donors (Lipinski definition) is 2. The maximum absolute atomic E-state index is 13.0. The molecule has 232 valence electrons. The largest absolute Gasteiger partial charge is 0.457 e. The molecule has 2 aliphatic rings. The Bertz CT molecular complexity index is 1590. The van der Waals surface area contributed by atoms with Gasteiger partial charge in [0.05, 0.1) is 5.92 Å². The summed E-state index contributed by atoms with van der Waals surface area (Å²) < 4.78 is 5.84. The highest BCUT2D eigenvalue weighted by Crippen LogP contribution is 2.45. The zero-order chi connectivity index (χ0) is 31.0. The maximum Gasteiger partial charge on any atom is 0.251 e. The van der Waals surface area contributed by atoms with Crippen LogP contribution in [0.2, 0.25) is 0 Å². The van der Waals surface area contributed by atoms with Gasteiger partial charge in [0.1, 0.15) is 11.5 Å². The molecule has 1 unspecified atom stereocenters. The quantitative estimate of drug-likeness (QED) is 0.167. The number of hydrogen-bond acceptors (Lipinski definition) is 4. The van der Waals surface area contributed by atoms with E-state index in [1.807, 2.05) is 60.7 Å². The fraction of sp³-hybridized carbons (Fsp3) is 0.333. The number of nitrogens with zero attached hydrogens (tertiary/aromatic N) is 1. The van der Waals surface area contributed by atoms with Gasteiger partial charge in [-0.2, -0.15) is 0 Å². The molecule has 6 nitrogen and oxygen atoms in total. The van der Waals surface area contributed by atoms with Gasteiger partial charge in [0.2, 0.25) is 5.91 Å². The van der Waals surface area contributed by atoms with Crippen LogP contribution in [0.3, 0.4) is 0 Å². The van der Waals surface area contributed by atoms with Crippen molar-refractivity contribution in [2.75, 3.05) is 26.2 Å². The second-order valence-corrected chi connectivity index (χ2v) is 12.2. The van der Waals surface area contributed by atoms with E-state index in [2.05, 4.69) is 58.9 Å². The lowest BCUT2D eigenvalue weighted by Gasteiger charge is -2.32. The van der Waals surface area contributed by atoms with E-state index in [1.165, 1.54) is 16.7 Å². The van der Waals surface area contributed by atoms with E-state index < -0.39 is 0 Å². The molecule has 4 aromatic rings. The highest BCUT2D eigenvalue weighted by atomic mass is 16.5. The van der Waals surface area contributed by atoms with E-state index in [0.717, 1.165) is 75.0 Å². The van der Waals surface area contributed by atoms with E-state index in [1.54, 1.807) is 0 Å². The third kappa shape index (κ3) is 7.46. The number of fused-ring (bicyclic) bond motifs is 3. The number of amides is 2. The first kappa shape index (κ1) is 30.6. The van der Waals surface area contributed by atoms with Gasteiger partial charge in [-0.3, -0.25) is 9.59 Å². The number of benzene rings is 4. The number of nitrogens with one attached hydrogen (secondary N) is 2. The summed E-state index contributed by atoms with van der Waals surface area (Å²) in [5.41, 5.74) is 6.62. The SMILES string of the molecule is CCCNC(=O)C1c2ccccc2-c2cc(CCCCN3CCC(NC(=O)c4ccc(Oc5ccccc5)cc4)CC3)ccc21. The summed E-state index contributed by atoms with van der Waals surface area (Å²) in [6, 6.07) is 32.2. The molecule has 0 spiro atoms. The lowest BCUT2D eigenvalue weighted by atomic mass is 9.94. The molecular formula is C39H43N3O3. The molecule has 6 rings (SSSR count). The number of piperidine rings is 1. The van der Waals surface area contributed by atoms with Gasteiger partial charge in [-0.25, -0.2) is 0 Å². The first-order valence-electron chi connectivity index (χ1n) is 16.4. The smallest absolute Gasteiger partial charge is 0.251 e. The van der Waals surface area contributed by atoms with Crippen LogP contribution < -0.4 is 15.4 Å². The Morgan fingerprint density at radius 1 is 0.800 bits per heavy atom. The normalized spacial score (nSPS) is 16.1. The van der Waals surface area contributed by atoms with E-state index in [9.17, 15) is 9.59 Å². The third-order valence-corrected chi connectivity index (χ3v) is 9.01. The van der Waals surface area contributed by atoms with Crippen LogP contribution in [-0.2, 0) is 11.2 Å². The van der Waals surface area contributed by atoms with E-state index >= 15 is 0 Å². The molecule has 1 fully saturated rings. The maximum atomic E-state index is 13.0. The van der Waals surface area contributed by atoms with Crippen molar-refractivity contribution in [2.24, 2.45) is 0 Å². The molecule has 2 N–H and O–H groups in total. The lowest BCUT2D eigenvalue weighted by molar-refractivity contribution is -0.121. The van der Waals surface area contributed by atoms with Crippen LogP contribution in [0.4, 0.5) is 0 Å². The van der Waals surface area contributed by atoms with Gasteiger partial charge in [-0.15, -0.1) is 0 Å². The molecule has 1 heterocycles. The topological polar surface area (TPSA) is 70.7 Å². The van der Waals surface area contributed by atoms with Gasteiger partial charge in [-0.05, 0) is 109 Å². The summed E-state index contributed by atoms with van der Waals surface area (Å²) in [5.74, 6) is 1.35. The number of unbranched alkanes of at least 4 members (excludes halogenated alkanes) is 1. The van der Waals surface area contributed by atoms with Crippen molar-refractivity contribution in [2.45, 2.75) is 57.4 Å². The molecule has 1 aliphatic carbocycles. The summed E-state index contributed by atoms with van der Waals surface area (Å²) in [4.78, 5) is 28.4. The third-order valence-electron chi connectivity index (χ3n) is 9.01. The number of para-hydroxylation sites is 1. The van der Waals surface area contributed by atoms with Crippen molar-refractivity contribution < 1.29 is 14.3 Å².